The van der Waals surface area contributed by atoms with Gasteiger partial charge < -0.3 is 9.88 Å². The van der Waals surface area contributed by atoms with E-state index in [2.05, 4.69) is 10.3 Å². The van der Waals surface area contributed by atoms with Gasteiger partial charge in [-0.25, -0.2) is 13.8 Å². The highest BCUT2D eigenvalue weighted by Gasteiger charge is 2.24. The van der Waals surface area contributed by atoms with Gasteiger partial charge in [-0.1, -0.05) is 11.6 Å². The SMILES string of the molecule is Cc1cc(/C=C2\SC(=Nc3ccc(F)cc3)NC2=O)c(C)n1-c1ccc(F)c(Cl)c1. The van der Waals surface area contributed by atoms with Crippen LogP contribution < -0.4 is 5.32 Å². The van der Waals surface area contributed by atoms with Gasteiger partial charge in [-0.3, -0.25) is 4.79 Å². The van der Waals surface area contributed by atoms with E-state index in [0.717, 1.165) is 22.6 Å². The van der Waals surface area contributed by atoms with Gasteiger partial charge in [-0.15, -0.1) is 0 Å². The number of thioether (sulfide) groups is 1. The molecular weight excluding hydrogens is 428 g/mol. The second-order valence-corrected chi connectivity index (χ2v) is 8.16. The highest BCUT2D eigenvalue weighted by molar-refractivity contribution is 8.18. The van der Waals surface area contributed by atoms with Gasteiger partial charge in [0.1, 0.15) is 11.6 Å². The average Bonchev–Trinajstić information content (AvgIpc) is 3.18. The predicted molar refractivity (Wildman–Crippen MR) is 117 cm³/mol. The maximum absolute atomic E-state index is 13.5. The third-order valence-electron chi connectivity index (χ3n) is 4.63. The van der Waals surface area contributed by atoms with Crippen molar-refractivity contribution in [3.8, 4) is 5.69 Å². The maximum Gasteiger partial charge on any atom is 0.264 e. The van der Waals surface area contributed by atoms with Gasteiger partial charge in [0, 0.05) is 17.1 Å². The Hall–Kier alpha value is -2.90. The van der Waals surface area contributed by atoms with Crippen molar-refractivity contribution in [2.75, 3.05) is 0 Å². The zero-order valence-electron chi connectivity index (χ0n) is 16.0. The molecule has 1 aliphatic heterocycles. The van der Waals surface area contributed by atoms with E-state index in [-0.39, 0.29) is 16.7 Å². The number of carbonyl (C=O) groups excluding carboxylic acids is 1. The summed E-state index contributed by atoms with van der Waals surface area (Å²) in [5.74, 6) is -1.08. The van der Waals surface area contributed by atoms with Gasteiger partial charge in [0.05, 0.1) is 15.6 Å². The lowest BCUT2D eigenvalue weighted by Crippen LogP contribution is -2.19. The van der Waals surface area contributed by atoms with Crippen molar-refractivity contribution in [3.05, 3.63) is 87.0 Å². The molecule has 0 atom stereocenters. The predicted octanol–water partition coefficient (Wildman–Crippen LogP) is 5.92. The molecule has 0 unspecified atom stereocenters. The number of nitrogens with one attached hydrogen (secondary N) is 1. The Bertz CT molecular complexity index is 1220. The number of rotatable bonds is 3. The van der Waals surface area contributed by atoms with Crippen LogP contribution in [0.1, 0.15) is 17.0 Å². The summed E-state index contributed by atoms with van der Waals surface area (Å²) in [5, 5.41) is 3.20. The van der Waals surface area contributed by atoms with E-state index in [1.165, 1.54) is 42.1 Å². The first kappa shape index (κ1) is 20.4. The molecule has 1 aliphatic rings. The summed E-state index contributed by atoms with van der Waals surface area (Å²) < 4.78 is 28.5. The number of amidine groups is 1. The van der Waals surface area contributed by atoms with Gasteiger partial charge in [0.25, 0.3) is 5.91 Å². The lowest BCUT2D eigenvalue weighted by molar-refractivity contribution is -0.115. The largest absolute Gasteiger partial charge is 0.318 e. The van der Waals surface area contributed by atoms with E-state index in [0.29, 0.717) is 15.8 Å². The number of aryl methyl sites for hydroxylation is 1. The van der Waals surface area contributed by atoms with Crippen LogP contribution in [0.15, 0.2) is 58.4 Å². The highest BCUT2D eigenvalue weighted by atomic mass is 35.5. The van der Waals surface area contributed by atoms with Crippen LogP contribution in [-0.2, 0) is 4.79 Å². The lowest BCUT2D eigenvalue weighted by Gasteiger charge is -2.10. The molecule has 1 saturated heterocycles. The summed E-state index contributed by atoms with van der Waals surface area (Å²) in [4.78, 5) is 17.2. The van der Waals surface area contributed by atoms with Crippen molar-refractivity contribution in [1.82, 2.24) is 9.88 Å². The molecule has 4 nitrogen and oxygen atoms in total. The van der Waals surface area contributed by atoms with Crippen molar-refractivity contribution in [2.24, 2.45) is 4.99 Å². The van der Waals surface area contributed by atoms with Crippen molar-refractivity contribution in [2.45, 2.75) is 13.8 Å². The number of aliphatic imine (C=N–C) groups is 1. The molecule has 2 aromatic carbocycles. The zero-order chi connectivity index (χ0) is 21.4. The number of hydrogen-bond acceptors (Lipinski definition) is 3. The molecule has 0 bridgehead atoms. The molecule has 2 heterocycles. The van der Waals surface area contributed by atoms with E-state index in [1.54, 1.807) is 18.2 Å². The molecular formula is C22H16ClF2N3OS. The Balaban J connectivity index is 1.64. The normalized spacial score (nSPS) is 16.5. The lowest BCUT2D eigenvalue weighted by atomic mass is 10.2. The number of amides is 1. The highest BCUT2D eigenvalue weighted by Crippen LogP contribution is 2.31. The number of carbonyl (C=O) groups is 1. The van der Waals surface area contributed by atoms with Gasteiger partial charge >= 0.3 is 0 Å². The van der Waals surface area contributed by atoms with Gasteiger partial charge in [-0.05, 0) is 85.8 Å². The monoisotopic (exact) mass is 443 g/mol. The fraction of sp³-hybridized carbons (Fsp3) is 0.0909. The number of nitrogens with zero attached hydrogens (tertiary/aromatic N) is 2. The van der Waals surface area contributed by atoms with Crippen molar-refractivity contribution < 1.29 is 13.6 Å². The van der Waals surface area contributed by atoms with Crippen LogP contribution in [0, 0.1) is 25.5 Å². The van der Waals surface area contributed by atoms with Crippen LogP contribution in [0.5, 0.6) is 0 Å². The van der Waals surface area contributed by atoms with Crippen LogP contribution >= 0.6 is 23.4 Å². The van der Waals surface area contributed by atoms with Crippen LogP contribution in [0.2, 0.25) is 5.02 Å². The average molecular weight is 444 g/mol. The molecule has 0 radical (unpaired) electrons. The standard InChI is InChI=1S/C22H16ClF2N3OS/c1-12-9-14(13(2)28(12)17-7-8-19(25)18(23)11-17)10-20-21(29)27-22(30-20)26-16-5-3-15(24)4-6-16/h3-11H,1-2H3,(H,26,27,29)/b20-10-. The van der Waals surface area contributed by atoms with Gasteiger partial charge in [0.2, 0.25) is 0 Å². The Morgan fingerprint density at radius 3 is 2.53 bits per heavy atom. The molecule has 0 saturated carbocycles. The Morgan fingerprint density at radius 1 is 1.10 bits per heavy atom. The molecule has 1 fully saturated rings. The van der Waals surface area contributed by atoms with Crippen LogP contribution in [-0.4, -0.2) is 15.6 Å². The van der Waals surface area contributed by atoms with E-state index >= 15 is 0 Å². The van der Waals surface area contributed by atoms with E-state index in [4.69, 9.17) is 11.6 Å². The minimum Gasteiger partial charge on any atom is -0.318 e. The Morgan fingerprint density at radius 2 is 1.83 bits per heavy atom. The summed E-state index contributed by atoms with van der Waals surface area (Å²) in [6.07, 6.45) is 1.79. The minimum absolute atomic E-state index is 0.0484. The van der Waals surface area contributed by atoms with E-state index in [9.17, 15) is 13.6 Å². The first-order valence-corrected chi connectivity index (χ1v) is 10.2. The first-order chi connectivity index (χ1) is 14.3. The van der Waals surface area contributed by atoms with Crippen molar-refractivity contribution in [1.29, 1.82) is 0 Å². The number of halogens is 3. The number of aromatic nitrogens is 1. The first-order valence-electron chi connectivity index (χ1n) is 9.01. The third-order valence-corrected chi connectivity index (χ3v) is 5.83. The second-order valence-electron chi connectivity index (χ2n) is 6.72. The smallest absolute Gasteiger partial charge is 0.264 e. The molecule has 1 aromatic heterocycles. The number of benzene rings is 2. The van der Waals surface area contributed by atoms with Crippen LogP contribution in [0.3, 0.4) is 0 Å². The Kier molecular flexibility index (Phi) is 5.49. The topological polar surface area (TPSA) is 46.4 Å². The van der Waals surface area contributed by atoms with E-state index in [1.807, 2.05) is 24.5 Å². The molecule has 4 rings (SSSR count). The molecule has 3 aromatic rings. The molecule has 1 N–H and O–H groups in total. The second kappa shape index (κ2) is 8.08. The fourth-order valence-electron chi connectivity index (χ4n) is 3.21. The third kappa shape index (κ3) is 4.04. The summed E-state index contributed by atoms with van der Waals surface area (Å²) in [7, 11) is 0. The van der Waals surface area contributed by atoms with Gasteiger partial charge in [0.15, 0.2) is 5.17 Å². The molecule has 8 heteroatoms. The zero-order valence-corrected chi connectivity index (χ0v) is 17.6. The maximum atomic E-state index is 13.5. The summed E-state index contributed by atoms with van der Waals surface area (Å²) >= 11 is 7.15. The van der Waals surface area contributed by atoms with Crippen molar-refractivity contribution >= 4 is 46.2 Å². The van der Waals surface area contributed by atoms with Crippen LogP contribution in [0.25, 0.3) is 11.8 Å². The molecule has 1 amide bonds. The molecule has 30 heavy (non-hydrogen) atoms. The van der Waals surface area contributed by atoms with Gasteiger partial charge in [-0.2, -0.15) is 0 Å². The summed E-state index contributed by atoms with van der Waals surface area (Å²) in [5.41, 5.74) is 3.95. The molecule has 152 valence electrons. The minimum atomic E-state index is -0.475. The number of hydrogen-bond donors (Lipinski definition) is 1. The summed E-state index contributed by atoms with van der Waals surface area (Å²) in [6.45, 7) is 3.84. The van der Waals surface area contributed by atoms with Crippen LogP contribution in [0.4, 0.5) is 14.5 Å². The van der Waals surface area contributed by atoms with Crippen molar-refractivity contribution in [3.63, 3.8) is 0 Å². The Labute approximate surface area is 181 Å². The quantitative estimate of drug-likeness (QED) is 0.511. The fourth-order valence-corrected chi connectivity index (χ4v) is 4.22. The summed E-state index contributed by atoms with van der Waals surface area (Å²) in [6, 6.07) is 12.2. The molecule has 0 aliphatic carbocycles. The van der Waals surface area contributed by atoms with E-state index < -0.39 is 5.82 Å². The molecule has 0 spiro atoms.